The summed E-state index contributed by atoms with van der Waals surface area (Å²) in [5.41, 5.74) is -2.57. The van der Waals surface area contributed by atoms with Gasteiger partial charge >= 0.3 is 31.0 Å². The Morgan fingerprint density at radius 2 is 1.41 bits per heavy atom. The number of amides is 2. The number of esters is 1. The van der Waals surface area contributed by atoms with E-state index in [1.807, 2.05) is 12.1 Å². The molecule has 3 N–H and O–H groups in total. The first-order valence-electron chi connectivity index (χ1n) is 25.8. The van der Waals surface area contributed by atoms with E-state index >= 15 is 8.78 Å². The van der Waals surface area contributed by atoms with Crippen LogP contribution < -0.4 is 15.6 Å². The number of hydrogen-bond acceptors (Lipinski definition) is 11. The topological polar surface area (TPSA) is 154 Å². The van der Waals surface area contributed by atoms with Crippen LogP contribution in [0.1, 0.15) is 96.7 Å². The van der Waals surface area contributed by atoms with E-state index in [0.717, 1.165) is 95.3 Å². The first kappa shape index (κ1) is 59.6. The van der Waals surface area contributed by atoms with Gasteiger partial charge in [-0.2, -0.15) is 40.2 Å². The molecule has 2 bridgehead atoms. The molecule has 4 aromatic rings. The summed E-state index contributed by atoms with van der Waals surface area (Å²) in [5, 5.41) is 18.8. The van der Waals surface area contributed by atoms with Crippen molar-refractivity contribution in [2.45, 2.75) is 141 Å². The molecule has 1 saturated carbocycles. The molecule has 2 amide bonds. The zero-order valence-electron chi connectivity index (χ0n) is 44.1. The molecule has 14 nitrogen and oxygen atoms in total. The third-order valence-corrected chi connectivity index (χ3v) is 16.1. The highest BCUT2D eigenvalue weighted by atomic mass is 19.4. The molecule has 7 rings (SSSR count). The van der Waals surface area contributed by atoms with Crippen molar-refractivity contribution in [2.75, 3.05) is 38.8 Å². The van der Waals surface area contributed by atoms with E-state index in [2.05, 4.69) is 35.1 Å². The largest absolute Gasteiger partial charge is 0.469 e. The number of aromatic nitrogens is 3. The number of aliphatic hydroxyl groups is 1. The normalized spacial score (nSPS) is 19.1. The second-order valence-electron chi connectivity index (χ2n) is 21.7. The van der Waals surface area contributed by atoms with E-state index in [1.54, 1.807) is 30.5 Å². The summed E-state index contributed by atoms with van der Waals surface area (Å²) in [6, 6.07) is 13.5. The number of carbonyl (C=O) groups excluding carboxylic acids is 3. The number of carbonyl (C=O) groups is 3. The Balaban J connectivity index is 1.18. The number of methoxy groups -OCH3 is 2. The van der Waals surface area contributed by atoms with Crippen molar-refractivity contribution in [3.8, 4) is 22.4 Å². The summed E-state index contributed by atoms with van der Waals surface area (Å²) in [4.78, 5) is 48.9. The maximum absolute atomic E-state index is 16.1. The van der Waals surface area contributed by atoms with Crippen LogP contribution in [-0.4, -0.2) is 124 Å². The Morgan fingerprint density at radius 3 is 1.92 bits per heavy atom. The van der Waals surface area contributed by atoms with Gasteiger partial charge in [0, 0.05) is 79.4 Å². The van der Waals surface area contributed by atoms with Gasteiger partial charge in [-0.05, 0) is 106 Å². The molecule has 2 saturated heterocycles. The molecule has 24 heteroatoms. The van der Waals surface area contributed by atoms with Gasteiger partial charge in [0.25, 0.3) is 0 Å². The van der Waals surface area contributed by atoms with Crippen LogP contribution in [-0.2, 0) is 32.0 Å². The predicted molar refractivity (Wildman–Crippen MR) is 267 cm³/mol. The SMILES string of the molecule is COC(=O)C[C@H](C(=O)NN(Cc1c(F)cc(-c2ccn(C(F)F)n2)cc1F)C[C@H](O)[C@@H](CC[C@@H](NC(=O)OC)C(C)(C)C(F)(F)F)Cc1ccc(-c2ccc(N3CC4CCC(C3)N4C3CCC3)nc2)cc1)C(C)(C)C(F)(F)F. The molecule has 3 aliphatic rings. The smallest absolute Gasteiger partial charge is 0.407 e. The van der Waals surface area contributed by atoms with Crippen molar-refractivity contribution in [3.63, 3.8) is 0 Å². The maximum atomic E-state index is 16.1. The number of nitrogens with one attached hydrogen (secondary N) is 2. The predicted octanol–water partition coefficient (Wildman–Crippen LogP) is 10.4. The van der Waals surface area contributed by atoms with Crippen molar-refractivity contribution in [3.05, 3.63) is 89.8 Å². The lowest BCUT2D eigenvalue weighted by atomic mass is 9.75. The number of ether oxygens (including phenoxy) is 2. The Labute approximate surface area is 445 Å². The number of rotatable bonds is 22. The number of piperazine rings is 1. The average molecular weight is 1110 g/mol. The molecule has 2 aliphatic heterocycles. The van der Waals surface area contributed by atoms with Gasteiger partial charge in [0.1, 0.15) is 17.5 Å². The van der Waals surface area contributed by atoms with Gasteiger partial charge in [-0.25, -0.2) is 28.3 Å². The highest BCUT2D eigenvalue weighted by Crippen LogP contribution is 2.46. The first-order chi connectivity index (χ1) is 36.6. The molecule has 2 unspecified atom stereocenters. The molecule has 3 fully saturated rings. The number of halogens is 10. The van der Waals surface area contributed by atoms with E-state index in [9.17, 15) is 54.6 Å². The van der Waals surface area contributed by atoms with Crippen LogP contribution in [0.3, 0.4) is 0 Å². The fourth-order valence-electron chi connectivity index (χ4n) is 10.7. The Bertz CT molecular complexity index is 2660. The molecule has 2 aromatic heterocycles. The van der Waals surface area contributed by atoms with E-state index in [0.29, 0.717) is 42.5 Å². The number of hydrazine groups is 1. The number of benzene rings is 2. The minimum absolute atomic E-state index is 0.0955. The fraction of sp³-hybridized carbons (Fsp3) is 0.574. The van der Waals surface area contributed by atoms with Crippen LogP contribution in [0.15, 0.2) is 67.0 Å². The van der Waals surface area contributed by atoms with Crippen LogP contribution >= 0.6 is 0 Å². The fourth-order valence-corrected chi connectivity index (χ4v) is 10.7. The van der Waals surface area contributed by atoms with Crippen LogP contribution in [0.25, 0.3) is 22.4 Å². The molecule has 4 heterocycles. The highest BCUT2D eigenvalue weighted by molar-refractivity contribution is 5.84. The molecule has 78 heavy (non-hydrogen) atoms. The van der Waals surface area contributed by atoms with Gasteiger partial charge in [0.2, 0.25) is 5.91 Å². The molecule has 1 aliphatic carbocycles. The third kappa shape index (κ3) is 13.5. The van der Waals surface area contributed by atoms with Crippen LogP contribution in [0.4, 0.5) is 54.5 Å². The monoisotopic (exact) mass is 1110 g/mol. The number of anilines is 1. The summed E-state index contributed by atoms with van der Waals surface area (Å²) in [6.45, 7) is -0.103. The van der Waals surface area contributed by atoms with Gasteiger partial charge in [0.15, 0.2) is 0 Å². The third-order valence-electron chi connectivity index (χ3n) is 16.1. The standard InChI is InChI=1S/C54H66F10N8O6/c1-51(2,53(59,60)61)40(25-47(74)77-5)48(75)68-70(29-39-41(55)23-35(24-42(39)56)43-20-21-71(67-43)49(57)58)30-44(73)33(14-18-45(66-50(76)78-6)52(3,4)54(62,63)64)22-31-10-12-32(13-11-31)34-15-19-46(65-26-34)69-27-37-16-17-38(28-69)72(37)36-8-7-9-36/h10-13,15,19-21,23-24,26,33,36-38,40,44-45,49,73H,7-9,14,16-18,22,25,27-30H2,1-6H3,(H,66,76)(H,68,75)/t33-,37?,38?,40+,44-,45+/m0/s1. The summed E-state index contributed by atoms with van der Waals surface area (Å²) < 4.78 is 156. The highest BCUT2D eigenvalue weighted by Gasteiger charge is 2.56. The van der Waals surface area contributed by atoms with Gasteiger partial charge in [-0.1, -0.05) is 44.5 Å². The first-order valence-corrected chi connectivity index (χ1v) is 25.8. The lowest BCUT2D eigenvalue weighted by molar-refractivity contribution is -0.231. The van der Waals surface area contributed by atoms with Crippen LogP contribution in [0.5, 0.6) is 0 Å². The Morgan fingerprint density at radius 1 is 0.795 bits per heavy atom. The average Bonchev–Trinajstić information content (AvgIpc) is 4.02. The second kappa shape index (κ2) is 24.2. The number of aliphatic hydroxyl groups excluding tert-OH is 1. The van der Waals surface area contributed by atoms with Gasteiger partial charge in [-0.3, -0.25) is 19.9 Å². The van der Waals surface area contributed by atoms with E-state index < -0.39 is 115 Å². The second-order valence-corrected chi connectivity index (χ2v) is 21.7. The number of fused-ring (bicyclic) bond motifs is 2. The van der Waals surface area contributed by atoms with Crippen LogP contribution in [0.2, 0.25) is 0 Å². The van der Waals surface area contributed by atoms with E-state index in [-0.39, 0.29) is 28.8 Å². The van der Waals surface area contributed by atoms with Gasteiger partial charge in [-0.15, -0.1) is 0 Å². The molecule has 0 radical (unpaired) electrons. The number of nitrogens with zero attached hydrogens (tertiary/aromatic N) is 6. The van der Waals surface area contributed by atoms with Crippen molar-refractivity contribution < 1.29 is 72.9 Å². The minimum Gasteiger partial charge on any atom is -0.469 e. The molecular weight excluding hydrogens is 1050 g/mol. The molecular formula is C54H66F10N8O6. The zero-order valence-corrected chi connectivity index (χ0v) is 44.1. The lowest BCUT2D eigenvalue weighted by Crippen LogP contribution is -2.58. The maximum Gasteiger partial charge on any atom is 0.407 e. The number of alkyl carbamates (subject to hydrolysis) is 1. The van der Waals surface area contributed by atoms with Crippen molar-refractivity contribution in [2.24, 2.45) is 22.7 Å². The van der Waals surface area contributed by atoms with Crippen molar-refractivity contribution >= 4 is 23.8 Å². The van der Waals surface area contributed by atoms with Crippen LogP contribution in [0, 0.1) is 34.3 Å². The molecule has 0 spiro atoms. The number of pyridine rings is 1. The number of alkyl halides is 8. The summed E-state index contributed by atoms with van der Waals surface area (Å²) in [5.74, 6) is -7.82. The Hall–Kier alpha value is -6.01. The molecule has 6 atom stereocenters. The Kier molecular flexibility index (Phi) is 18.5. The minimum atomic E-state index is -5.11. The molecule has 2 aromatic carbocycles. The van der Waals surface area contributed by atoms with Gasteiger partial charge in [0.05, 0.1) is 49.2 Å². The zero-order chi connectivity index (χ0) is 57.1. The van der Waals surface area contributed by atoms with E-state index in [4.69, 9.17) is 4.98 Å². The van der Waals surface area contributed by atoms with Crippen molar-refractivity contribution in [1.82, 2.24) is 35.4 Å². The summed E-state index contributed by atoms with van der Waals surface area (Å²) in [6.07, 6.45) is -6.16. The van der Waals surface area contributed by atoms with Crippen molar-refractivity contribution in [1.29, 1.82) is 0 Å². The molecule has 428 valence electrons. The van der Waals surface area contributed by atoms with Gasteiger partial charge < -0.3 is 24.8 Å². The quantitative estimate of drug-likeness (QED) is 0.0391. The number of hydrogen-bond donors (Lipinski definition) is 3. The van der Waals surface area contributed by atoms with E-state index in [1.165, 1.54) is 19.3 Å². The summed E-state index contributed by atoms with van der Waals surface area (Å²) >= 11 is 0. The lowest BCUT2D eigenvalue weighted by Gasteiger charge is -2.48. The summed E-state index contributed by atoms with van der Waals surface area (Å²) in [7, 11) is 1.85.